The average Bonchev–Trinajstić information content (AvgIpc) is 3.60. The highest BCUT2D eigenvalue weighted by atomic mass is 16.5. The minimum atomic E-state index is -0.247. The molecule has 0 bridgehead atoms. The van der Waals surface area contributed by atoms with Crippen molar-refractivity contribution in [2.75, 3.05) is 45.7 Å². The van der Waals surface area contributed by atoms with Crippen LogP contribution in [0.5, 0.6) is 11.5 Å². The number of fused-ring (bicyclic) bond motifs is 1. The van der Waals surface area contributed by atoms with Gasteiger partial charge >= 0.3 is 0 Å². The molecule has 7 heteroatoms. The van der Waals surface area contributed by atoms with Crippen LogP contribution in [0.25, 0.3) is 0 Å². The third-order valence-corrected chi connectivity index (χ3v) is 7.88. The van der Waals surface area contributed by atoms with Crippen molar-refractivity contribution in [1.82, 2.24) is 9.80 Å². The van der Waals surface area contributed by atoms with E-state index in [-0.39, 0.29) is 23.7 Å². The van der Waals surface area contributed by atoms with Gasteiger partial charge in [-0.2, -0.15) is 0 Å². The maximum atomic E-state index is 13.4. The summed E-state index contributed by atoms with van der Waals surface area (Å²) in [6.45, 7) is 3.59. The number of ether oxygens (including phenoxy) is 2. The Morgan fingerprint density at radius 3 is 2.42 bits per heavy atom. The Hall–Kier alpha value is -3.06. The molecule has 2 atom stereocenters. The van der Waals surface area contributed by atoms with Crippen LogP contribution >= 0.6 is 0 Å². The van der Waals surface area contributed by atoms with Crippen LogP contribution in [0.4, 0.5) is 5.69 Å². The molecule has 0 aromatic heterocycles. The van der Waals surface area contributed by atoms with Crippen LogP contribution in [0.1, 0.15) is 42.4 Å². The number of hydrogen-bond donors (Lipinski definition) is 1. The van der Waals surface area contributed by atoms with Crippen LogP contribution in [-0.2, 0) is 29.0 Å². The molecular weight excluding hydrogens is 454 g/mol. The van der Waals surface area contributed by atoms with Crippen molar-refractivity contribution in [3.8, 4) is 11.5 Å². The molecule has 1 aliphatic carbocycles. The number of carbonyl (C=O) groups excluding carboxylic acids is 2. The summed E-state index contributed by atoms with van der Waals surface area (Å²) in [5, 5.41) is 3.16. The standard InChI is InChI=1S/C29H37N3O4/c1-35-26-11-8-20(14-27(26)36-2)17-31-18-23(15-24(19-31)29(34)32-12-3-4-13-32)28(33)30-25-10-9-21-6-5-7-22(21)16-25/h8-11,14,16,23-24H,3-7,12-13,15,17-19H2,1-2H3,(H,30,33)/t23-,24+/m1/s1. The van der Waals surface area contributed by atoms with Gasteiger partial charge in [-0.25, -0.2) is 0 Å². The van der Waals surface area contributed by atoms with Crippen LogP contribution in [-0.4, -0.2) is 62.0 Å². The molecule has 2 aliphatic heterocycles. The van der Waals surface area contributed by atoms with Gasteiger partial charge in [0.2, 0.25) is 11.8 Å². The molecule has 2 heterocycles. The lowest BCUT2D eigenvalue weighted by molar-refractivity contribution is -0.138. The van der Waals surface area contributed by atoms with E-state index in [1.165, 1.54) is 17.5 Å². The Kier molecular flexibility index (Phi) is 7.46. The number of likely N-dealkylation sites (tertiary alicyclic amines) is 2. The number of piperidine rings is 1. The summed E-state index contributed by atoms with van der Waals surface area (Å²) in [5.74, 6) is 1.15. The highest BCUT2D eigenvalue weighted by Crippen LogP contribution is 2.31. The zero-order valence-electron chi connectivity index (χ0n) is 21.4. The SMILES string of the molecule is COc1ccc(CN2C[C@H](C(=O)Nc3ccc4c(c3)CCC4)C[C@H](C(=O)N3CCCC3)C2)cc1OC. The van der Waals surface area contributed by atoms with Crippen LogP contribution < -0.4 is 14.8 Å². The molecule has 1 N–H and O–H groups in total. The van der Waals surface area contributed by atoms with Gasteiger partial charge in [0, 0.05) is 38.4 Å². The molecule has 7 nitrogen and oxygen atoms in total. The van der Waals surface area contributed by atoms with Crippen molar-refractivity contribution in [2.24, 2.45) is 11.8 Å². The lowest BCUT2D eigenvalue weighted by atomic mass is 9.87. The minimum Gasteiger partial charge on any atom is -0.493 e. The zero-order chi connectivity index (χ0) is 25.1. The van der Waals surface area contributed by atoms with Crippen LogP contribution in [0.2, 0.25) is 0 Å². The monoisotopic (exact) mass is 491 g/mol. The maximum Gasteiger partial charge on any atom is 0.228 e. The first kappa shape index (κ1) is 24.6. The van der Waals surface area contributed by atoms with E-state index < -0.39 is 0 Å². The number of amides is 2. The summed E-state index contributed by atoms with van der Waals surface area (Å²) in [4.78, 5) is 31.0. The molecule has 2 amide bonds. The predicted molar refractivity (Wildman–Crippen MR) is 139 cm³/mol. The largest absolute Gasteiger partial charge is 0.493 e. The molecule has 0 spiro atoms. The molecule has 3 aliphatic rings. The summed E-state index contributed by atoms with van der Waals surface area (Å²) in [7, 11) is 3.26. The van der Waals surface area contributed by atoms with Crippen LogP contribution in [0.15, 0.2) is 36.4 Å². The first-order chi connectivity index (χ1) is 17.5. The van der Waals surface area contributed by atoms with Crippen molar-refractivity contribution in [3.05, 3.63) is 53.1 Å². The number of carbonyl (C=O) groups is 2. The van der Waals surface area contributed by atoms with E-state index in [2.05, 4.69) is 22.3 Å². The summed E-state index contributed by atoms with van der Waals surface area (Å²) >= 11 is 0. The first-order valence-corrected chi connectivity index (χ1v) is 13.2. The molecule has 2 saturated heterocycles. The van der Waals surface area contributed by atoms with Gasteiger partial charge in [-0.3, -0.25) is 14.5 Å². The molecule has 192 valence electrons. The van der Waals surface area contributed by atoms with Crippen LogP contribution in [0, 0.1) is 11.8 Å². The van der Waals surface area contributed by atoms with Crippen molar-refractivity contribution >= 4 is 17.5 Å². The third kappa shape index (κ3) is 5.36. The van der Waals surface area contributed by atoms with Crippen molar-refractivity contribution in [1.29, 1.82) is 0 Å². The second kappa shape index (κ2) is 10.9. The topological polar surface area (TPSA) is 71.1 Å². The number of methoxy groups -OCH3 is 2. The summed E-state index contributed by atoms with van der Waals surface area (Å²) in [5.41, 5.74) is 4.66. The normalized spacial score (nSPS) is 21.8. The fourth-order valence-corrected chi connectivity index (χ4v) is 6.02. The van der Waals surface area contributed by atoms with E-state index in [9.17, 15) is 9.59 Å². The molecular formula is C29H37N3O4. The molecule has 2 aromatic rings. The molecule has 2 aromatic carbocycles. The molecule has 0 radical (unpaired) electrons. The Labute approximate surface area is 213 Å². The van der Waals surface area contributed by atoms with E-state index >= 15 is 0 Å². The number of hydrogen-bond acceptors (Lipinski definition) is 5. The fraction of sp³-hybridized carbons (Fsp3) is 0.517. The maximum absolute atomic E-state index is 13.4. The Balaban J connectivity index is 1.32. The van der Waals surface area contributed by atoms with Crippen molar-refractivity contribution in [2.45, 2.75) is 45.1 Å². The van der Waals surface area contributed by atoms with Crippen molar-refractivity contribution < 1.29 is 19.1 Å². The third-order valence-electron chi connectivity index (χ3n) is 7.88. The van der Waals surface area contributed by atoms with Gasteiger partial charge < -0.3 is 19.7 Å². The lowest BCUT2D eigenvalue weighted by Gasteiger charge is -2.38. The predicted octanol–water partition coefficient (Wildman–Crippen LogP) is 3.89. The number of nitrogens with one attached hydrogen (secondary N) is 1. The van der Waals surface area contributed by atoms with Gasteiger partial charge in [-0.1, -0.05) is 12.1 Å². The summed E-state index contributed by atoms with van der Waals surface area (Å²) < 4.78 is 10.9. The Morgan fingerprint density at radius 2 is 1.64 bits per heavy atom. The van der Waals surface area contributed by atoms with E-state index in [0.717, 1.165) is 50.0 Å². The number of benzene rings is 2. The summed E-state index contributed by atoms with van der Waals surface area (Å²) in [6, 6.07) is 12.2. The Morgan fingerprint density at radius 1 is 0.889 bits per heavy atom. The molecule has 36 heavy (non-hydrogen) atoms. The minimum absolute atomic E-state index is 0.00387. The van der Waals surface area contributed by atoms with Gasteiger partial charge in [-0.15, -0.1) is 0 Å². The van der Waals surface area contributed by atoms with E-state index in [0.29, 0.717) is 37.6 Å². The average molecular weight is 492 g/mol. The zero-order valence-corrected chi connectivity index (χ0v) is 21.4. The van der Waals surface area contributed by atoms with E-state index in [1.807, 2.05) is 29.2 Å². The van der Waals surface area contributed by atoms with Crippen LogP contribution in [0.3, 0.4) is 0 Å². The second-order valence-corrected chi connectivity index (χ2v) is 10.4. The second-order valence-electron chi connectivity index (χ2n) is 10.4. The number of aryl methyl sites for hydroxylation is 2. The smallest absolute Gasteiger partial charge is 0.228 e. The highest BCUT2D eigenvalue weighted by Gasteiger charge is 2.37. The first-order valence-electron chi connectivity index (χ1n) is 13.2. The van der Waals surface area contributed by atoms with Gasteiger partial charge in [0.25, 0.3) is 0 Å². The van der Waals surface area contributed by atoms with E-state index in [1.54, 1.807) is 14.2 Å². The molecule has 2 fully saturated rings. The fourth-order valence-electron chi connectivity index (χ4n) is 6.02. The summed E-state index contributed by atoms with van der Waals surface area (Å²) in [6.07, 6.45) is 6.10. The molecule has 0 unspecified atom stereocenters. The van der Waals surface area contributed by atoms with Gasteiger partial charge in [0.05, 0.1) is 26.1 Å². The lowest BCUT2D eigenvalue weighted by Crippen LogP contribution is -2.49. The van der Waals surface area contributed by atoms with Gasteiger partial charge in [0.1, 0.15) is 0 Å². The number of anilines is 1. The Bertz CT molecular complexity index is 1110. The van der Waals surface area contributed by atoms with Crippen molar-refractivity contribution in [3.63, 3.8) is 0 Å². The van der Waals surface area contributed by atoms with Gasteiger partial charge in [-0.05, 0) is 79.5 Å². The number of nitrogens with zero attached hydrogens (tertiary/aromatic N) is 2. The molecule has 0 saturated carbocycles. The number of rotatable bonds is 7. The quantitative estimate of drug-likeness (QED) is 0.636. The van der Waals surface area contributed by atoms with Gasteiger partial charge in [0.15, 0.2) is 11.5 Å². The molecule has 5 rings (SSSR count). The van der Waals surface area contributed by atoms with E-state index in [4.69, 9.17) is 9.47 Å². The highest BCUT2D eigenvalue weighted by molar-refractivity contribution is 5.93.